The number of fused-ring (bicyclic) bond motifs is 1. The number of rotatable bonds is 3. The lowest BCUT2D eigenvalue weighted by Gasteiger charge is -2.43. The van der Waals surface area contributed by atoms with Gasteiger partial charge in [-0.1, -0.05) is 18.2 Å². The van der Waals surface area contributed by atoms with Crippen molar-refractivity contribution in [2.45, 2.75) is 32.0 Å². The van der Waals surface area contributed by atoms with Gasteiger partial charge in [0.25, 0.3) is 0 Å². The van der Waals surface area contributed by atoms with E-state index in [2.05, 4.69) is 42.8 Å². The average Bonchev–Trinajstić information content (AvgIpc) is 2.88. The van der Waals surface area contributed by atoms with Crippen LogP contribution in [0.15, 0.2) is 34.7 Å². The standard InChI is InChI=1S/C17H25N3O/c1-12-9-20(10-13(2)19(12)3)11-15(18)17-8-14-6-4-5-7-16(14)21-17/h4-8,12-13,15H,9-11,18H2,1-3H3. The van der Waals surface area contributed by atoms with Crippen LogP contribution >= 0.6 is 0 Å². The number of furan rings is 1. The summed E-state index contributed by atoms with van der Waals surface area (Å²) in [5, 5.41) is 1.13. The zero-order valence-corrected chi connectivity index (χ0v) is 13.1. The van der Waals surface area contributed by atoms with Gasteiger partial charge in [0.15, 0.2) is 0 Å². The van der Waals surface area contributed by atoms with Crippen molar-refractivity contribution in [2.75, 3.05) is 26.7 Å². The van der Waals surface area contributed by atoms with Crippen LogP contribution in [0.25, 0.3) is 11.0 Å². The van der Waals surface area contributed by atoms with Crippen LogP contribution in [0.5, 0.6) is 0 Å². The Bertz CT molecular complexity index is 564. The zero-order chi connectivity index (χ0) is 15.0. The summed E-state index contributed by atoms with van der Waals surface area (Å²) in [6, 6.07) is 11.2. The molecule has 1 fully saturated rings. The maximum absolute atomic E-state index is 6.37. The Morgan fingerprint density at radius 3 is 2.57 bits per heavy atom. The van der Waals surface area contributed by atoms with E-state index in [0.717, 1.165) is 36.4 Å². The van der Waals surface area contributed by atoms with Crippen molar-refractivity contribution >= 4 is 11.0 Å². The smallest absolute Gasteiger partial charge is 0.134 e. The molecule has 1 aromatic heterocycles. The maximum atomic E-state index is 6.37. The molecule has 4 heteroatoms. The van der Waals surface area contributed by atoms with Gasteiger partial charge >= 0.3 is 0 Å². The number of nitrogens with two attached hydrogens (primary N) is 1. The Kier molecular flexibility index (Phi) is 4.02. The number of hydrogen-bond acceptors (Lipinski definition) is 4. The van der Waals surface area contributed by atoms with Gasteiger partial charge in [-0.3, -0.25) is 9.80 Å². The van der Waals surface area contributed by atoms with E-state index in [1.54, 1.807) is 0 Å². The summed E-state index contributed by atoms with van der Waals surface area (Å²) in [5.74, 6) is 0.885. The first-order chi connectivity index (χ1) is 10.0. The molecule has 1 aromatic carbocycles. The van der Waals surface area contributed by atoms with E-state index in [4.69, 9.17) is 10.2 Å². The molecule has 3 unspecified atom stereocenters. The molecule has 21 heavy (non-hydrogen) atoms. The molecule has 0 spiro atoms. The molecule has 1 aliphatic rings. The molecule has 2 heterocycles. The van der Waals surface area contributed by atoms with Crippen molar-refractivity contribution in [3.63, 3.8) is 0 Å². The number of nitrogens with zero attached hydrogens (tertiary/aromatic N) is 2. The van der Waals surface area contributed by atoms with Gasteiger partial charge in [0, 0.05) is 37.1 Å². The highest BCUT2D eigenvalue weighted by atomic mass is 16.3. The lowest BCUT2D eigenvalue weighted by Crippen LogP contribution is -2.55. The summed E-state index contributed by atoms with van der Waals surface area (Å²) in [6.07, 6.45) is 0. The minimum absolute atomic E-state index is 0.0693. The molecule has 0 bridgehead atoms. The Balaban J connectivity index is 1.69. The Morgan fingerprint density at radius 1 is 1.24 bits per heavy atom. The van der Waals surface area contributed by atoms with Crippen LogP contribution in [-0.2, 0) is 0 Å². The minimum Gasteiger partial charge on any atom is -0.459 e. The molecule has 0 aliphatic carbocycles. The highest BCUT2D eigenvalue weighted by Gasteiger charge is 2.28. The quantitative estimate of drug-likeness (QED) is 0.942. The predicted molar refractivity (Wildman–Crippen MR) is 86.3 cm³/mol. The van der Waals surface area contributed by atoms with Gasteiger partial charge < -0.3 is 10.2 Å². The van der Waals surface area contributed by atoms with E-state index in [0.29, 0.717) is 12.1 Å². The second-order valence-corrected chi connectivity index (χ2v) is 6.38. The van der Waals surface area contributed by atoms with E-state index in [1.165, 1.54) is 0 Å². The number of piperazine rings is 1. The third kappa shape index (κ3) is 2.98. The molecular formula is C17H25N3O. The van der Waals surface area contributed by atoms with Crippen LogP contribution in [-0.4, -0.2) is 48.6 Å². The lowest BCUT2D eigenvalue weighted by molar-refractivity contribution is 0.0555. The fourth-order valence-corrected chi connectivity index (χ4v) is 3.22. The Hall–Kier alpha value is -1.36. The molecule has 1 aliphatic heterocycles. The monoisotopic (exact) mass is 287 g/mol. The summed E-state index contributed by atoms with van der Waals surface area (Å²) < 4.78 is 5.88. The normalized spacial score (nSPS) is 26.3. The van der Waals surface area contributed by atoms with Gasteiger partial charge in [0.05, 0.1) is 6.04 Å². The van der Waals surface area contributed by atoms with Crippen LogP contribution in [0, 0.1) is 0 Å². The van der Waals surface area contributed by atoms with E-state index in [1.807, 2.05) is 18.2 Å². The first kappa shape index (κ1) is 14.6. The number of para-hydroxylation sites is 1. The Labute approximate surface area is 126 Å². The summed E-state index contributed by atoms with van der Waals surface area (Å²) in [4.78, 5) is 4.89. The van der Waals surface area contributed by atoms with Crippen LogP contribution in [0.1, 0.15) is 25.6 Å². The SMILES string of the molecule is CC1CN(CC(N)c2cc3ccccc3o2)CC(C)N1C. The third-order valence-electron chi connectivity index (χ3n) is 4.70. The van der Waals surface area contributed by atoms with Crippen molar-refractivity contribution in [2.24, 2.45) is 5.73 Å². The second-order valence-electron chi connectivity index (χ2n) is 6.38. The maximum Gasteiger partial charge on any atom is 0.134 e. The van der Waals surface area contributed by atoms with Crippen LogP contribution in [0.4, 0.5) is 0 Å². The fraction of sp³-hybridized carbons (Fsp3) is 0.529. The molecule has 114 valence electrons. The molecule has 3 atom stereocenters. The van der Waals surface area contributed by atoms with E-state index < -0.39 is 0 Å². The molecule has 2 aromatic rings. The Morgan fingerprint density at radius 2 is 1.90 bits per heavy atom. The highest BCUT2D eigenvalue weighted by Crippen LogP contribution is 2.24. The van der Waals surface area contributed by atoms with Crippen LogP contribution in [0.3, 0.4) is 0 Å². The molecule has 4 nitrogen and oxygen atoms in total. The highest BCUT2D eigenvalue weighted by molar-refractivity contribution is 5.77. The van der Waals surface area contributed by atoms with Crippen molar-refractivity contribution in [3.05, 3.63) is 36.1 Å². The molecule has 0 saturated carbocycles. The van der Waals surface area contributed by atoms with E-state index >= 15 is 0 Å². The van der Waals surface area contributed by atoms with Gasteiger partial charge in [-0.25, -0.2) is 0 Å². The fourth-order valence-electron chi connectivity index (χ4n) is 3.22. The average molecular weight is 287 g/mol. The molecule has 0 amide bonds. The van der Waals surface area contributed by atoms with Crippen molar-refractivity contribution in [3.8, 4) is 0 Å². The van der Waals surface area contributed by atoms with Crippen molar-refractivity contribution < 1.29 is 4.42 Å². The first-order valence-corrected chi connectivity index (χ1v) is 7.73. The molecule has 0 radical (unpaired) electrons. The number of likely N-dealkylation sites (N-methyl/N-ethyl adjacent to an activating group) is 1. The van der Waals surface area contributed by atoms with Gasteiger partial charge in [0.2, 0.25) is 0 Å². The van der Waals surface area contributed by atoms with E-state index in [-0.39, 0.29) is 6.04 Å². The van der Waals surface area contributed by atoms with Gasteiger partial charge in [-0.15, -0.1) is 0 Å². The number of benzene rings is 1. The van der Waals surface area contributed by atoms with Crippen molar-refractivity contribution in [1.82, 2.24) is 9.80 Å². The minimum atomic E-state index is -0.0693. The van der Waals surface area contributed by atoms with Gasteiger partial charge in [-0.2, -0.15) is 0 Å². The van der Waals surface area contributed by atoms with Gasteiger partial charge in [-0.05, 0) is 33.0 Å². The molecule has 1 saturated heterocycles. The predicted octanol–water partition coefficient (Wildman–Crippen LogP) is 2.46. The third-order valence-corrected chi connectivity index (χ3v) is 4.70. The topological polar surface area (TPSA) is 45.6 Å². The zero-order valence-electron chi connectivity index (χ0n) is 13.1. The summed E-state index contributed by atoms with van der Waals surface area (Å²) >= 11 is 0. The molecular weight excluding hydrogens is 262 g/mol. The van der Waals surface area contributed by atoms with Gasteiger partial charge in [0.1, 0.15) is 11.3 Å². The van der Waals surface area contributed by atoms with Crippen LogP contribution < -0.4 is 5.73 Å². The molecule has 3 rings (SSSR count). The van der Waals surface area contributed by atoms with Crippen molar-refractivity contribution in [1.29, 1.82) is 0 Å². The summed E-state index contributed by atoms with van der Waals surface area (Å²) in [7, 11) is 2.20. The molecule has 2 N–H and O–H groups in total. The van der Waals surface area contributed by atoms with Crippen LogP contribution in [0.2, 0.25) is 0 Å². The second kappa shape index (κ2) is 5.79. The first-order valence-electron chi connectivity index (χ1n) is 7.73. The summed E-state index contributed by atoms with van der Waals surface area (Å²) in [6.45, 7) is 7.52. The summed E-state index contributed by atoms with van der Waals surface area (Å²) in [5.41, 5.74) is 7.29. The largest absolute Gasteiger partial charge is 0.459 e. The van der Waals surface area contributed by atoms with E-state index in [9.17, 15) is 0 Å². The number of hydrogen-bond donors (Lipinski definition) is 1. The lowest BCUT2D eigenvalue weighted by atomic mass is 10.1.